The first-order valence-electron chi connectivity index (χ1n) is 9.58. The molecule has 2 aliphatic rings. The molecule has 4 rings (SSSR count). The zero-order valence-electron chi connectivity index (χ0n) is 15.5. The van der Waals surface area contributed by atoms with Crippen molar-refractivity contribution in [2.75, 3.05) is 13.7 Å². The Morgan fingerprint density at radius 1 is 1.26 bits per heavy atom. The second kappa shape index (κ2) is 7.69. The van der Waals surface area contributed by atoms with E-state index in [-0.39, 0.29) is 17.6 Å². The minimum Gasteiger partial charge on any atom is -0.494 e. The zero-order valence-corrected chi connectivity index (χ0v) is 15.5. The summed E-state index contributed by atoms with van der Waals surface area (Å²) < 4.78 is 18.8. The number of carbonyl (C=O) groups excluding carboxylic acids is 1. The van der Waals surface area contributed by atoms with Gasteiger partial charge in [0.2, 0.25) is 5.91 Å². The maximum atomic E-state index is 13.8. The van der Waals surface area contributed by atoms with E-state index in [0.717, 1.165) is 31.4 Å². The van der Waals surface area contributed by atoms with Gasteiger partial charge >= 0.3 is 0 Å². The van der Waals surface area contributed by atoms with Crippen molar-refractivity contribution in [1.29, 1.82) is 0 Å². The Kier molecular flexibility index (Phi) is 5.12. The number of rotatable bonds is 5. The molecule has 0 spiro atoms. The fourth-order valence-corrected chi connectivity index (χ4v) is 4.59. The van der Waals surface area contributed by atoms with Crippen LogP contribution in [0.4, 0.5) is 4.39 Å². The van der Waals surface area contributed by atoms with Crippen molar-refractivity contribution in [2.24, 2.45) is 5.92 Å². The van der Waals surface area contributed by atoms with Crippen LogP contribution in [0.15, 0.2) is 48.5 Å². The van der Waals surface area contributed by atoms with E-state index >= 15 is 0 Å². The summed E-state index contributed by atoms with van der Waals surface area (Å²) in [5.41, 5.74) is 2.03. The summed E-state index contributed by atoms with van der Waals surface area (Å²) in [4.78, 5) is 15.4. The standard InChI is InChI=1S/C22H25FN2O2/c1-27-21-10-9-15(12-18(21)23)14-24-22(26)17-13-20(16-6-3-2-4-7-16)25-11-5-8-19(17)25/h2-4,6-7,9-10,12,17,19-20H,5,8,11,13-14H2,1H3,(H,24,26)/t17-,19+,20-/m0/s1. The average Bonchev–Trinajstić information content (AvgIpc) is 3.29. The van der Waals surface area contributed by atoms with Gasteiger partial charge in [0.05, 0.1) is 13.0 Å². The first kappa shape index (κ1) is 18.0. The van der Waals surface area contributed by atoms with Crippen LogP contribution in [0.25, 0.3) is 0 Å². The van der Waals surface area contributed by atoms with E-state index in [1.807, 2.05) is 6.07 Å². The van der Waals surface area contributed by atoms with E-state index in [4.69, 9.17) is 4.74 Å². The summed E-state index contributed by atoms with van der Waals surface area (Å²) in [5.74, 6) is -0.133. The highest BCUT2D eigenvalue weighted by molar-refractivity contribution is 5.80. The summed E-state index contributed by atoms with van der Waals surface area (Å²) in [7, 11) is 1.44. The highest BCUT2D eigenvalue weighted by atomic mass is 19.1. The maximum absolute atomic E-state index is 13.8. The Morgan fingerprint density at radius 2 is 2.07 bits per heavy atom. The van der Waals surface area contributed by atoms with Crippen LogP contribution in [0.1, 0.15) is 36.4 Å². The third-order valence-corrected chi connectivity index (χ3v) is 5.89. The van der Waals surface area contributed by atoms with Gasteiger partial charge in [-0.15, -0.1) is 0 Å². The number of benzene rings is 2. The lowest BCUT2D eigenvalue weighted by atomic mass is 9.93. The molecule has 0 unspecified atom stereocenters. The molecule has 0 aromatic heterocycles. The predicted octanol–water partition coefficient (Wildman–Crippen LogP) is 3.68. The Labute approximate surface area is 159 Å². The minimum atomic E-state index is -0.406. The number of ether oxygens (including phenoxy) is 1. The lowest BCUT2D eigenvalue weighted by Gasteiger charge is -2.24. The maximum Gasteiger partial charge on any atom is 0.225 e. The molecule has 1 amide bonds. The van der Waals surface area contributed by atoms with Crippen LogP contribution < -0.4 is 10.1 Å². The SMILES string of the molecule is COc1ccc(CNC(=O)[C@H]2C[C@@H](c3ccccc3)N3CCC[C@H]23)cc1F. The molecule has 2 aromatic rings. The van der Waals surface area contributed by atoms with Gasteiger partial charge in [-0.05, 0) is 49.1 Å². The van der Waals surface area contributed by atoms with Crippen molar-refractivity contribution in [3.8, 4) is 5.75 Å². The van der Waals surface area contributed by atoms with Crippen molar-refractivity contribution < 1.29 is 13.9 Å². The van der Waals surface area contributed by atoms with Crippen LogP contribution in [0.5, 0.6) is 5.75 Å². The van der Waals surface area contributed by atoms with Gasteiger partial charge in [0.15, 0.2) is 11.6 Å². The highest BCUT2D eigenvalue weighted by Crippen LogP contribution is 2.44. The topological polar surface area (TPSA) is 41.6 Å². The molecule has 142 valence electrons. The highest BCUT2D eigenvalue weighted by Gasteiger charge is 2.46. The van der Waals surface area contributed by atoms with E-state index in [9.17, 15) is 9.18 Å². The molecule has 0 saturated carbocycles. The fourth-order valence-electron chi connectivity index (χ4n) is 4.59. The van der Waals surface area contributed by atoms with E-state index in [0.29, 0.717) is 18.6 Å². The lowest BCUT2D eigenvalue weighted by Crippen LogP contribution is -2.37. The number of methoxy groups -OCH3 is 1. The summed E-state index contributed by atoms with van der Waals surface area (Å²) in [6.07, 6.45) is 3.05. The Hall–Kier alpha value is -2.40. The second-order valence-electron chi connectivity index (χ2n) is 7.40. The molecule has 3 atom stereocenters. The van der Waals surface area contributed by atoms with E-state index in [2.05, 4.69) is 34.5 Å². The van der Waals surface area contributed by atoms with Crippen molar-refractivity contribution in [3.05, 3.63) is 65.5 Å². The zero-order chi connectivity index (χ0) is 18.8. The number of hydrogen-bond acceptors (Lipinski definition) is 3. The van der Waals surface area contributed by atoms with Crippen molar-refractivity contribution in [2.45, 2.75) is 37.9 Å². The van der Waals surface area contributed by atoms with Crippen LogP contribution in [0.3, 0.4) is 0 Å². The fraction of sp³-hybridized carbons (Fsp3) is 0.409. The summed E-state index contributed by atoms with van der Waals surface area (Å²) in [6, 6.07) is 15.9. The molecule has 2 saturated heterocycles. The predicted molar refractivity (Wildman–Crippen MR) is 102 cm³/mol. The first-order valence-corrected chi connectivity index (χ1v) is 9.58. The quantitative estimate of drug-likeness (QED) is 0.875. The van der Waals surface area contributed by atoms with Crippen LogP contribution in [-0.2, 0) is 11.3 Å². The lowest BCUT2D eigenvalue weighted by molar-refractivity contribution is -0.125. The van der Waals surface area contributed by atoms with Gasteiger partial charge in [-0.1, -0.05) is 36.4 Å². The molecular formula is C22H25FN2O2. The third kappa shape index (κ3) is 3.56. The Balaban J connectivity index is 1.43. The molecule has 27 heavy (non-hydrogen) atoms. The molecule has 2 fully saturated rings. The molecule has 0 radical (unpaired) electrons. The largest absolute Gasteiger partial charge is 0.494 e. The molecule has 0 aliphatic carbocycles. The van der Waals surface area contributed by atoms with Gasteiger partial charge in [-0.3, -0.25) is 9.69 Å². The molecule has 4 nitrogen and oxygen atoms in total. The Morgan fingerprint density at radius 3 is 2.81 bits per heavy atom. The van der Waals surface area contributed by atoms with Gasteiger partial charge < -0.3 is 10.1 Å². The normalized spacial score (nSPS) is 24.6. The summed E-state index contributed by atoms with van der Waals surface area (Å²) >= 11 is 0. The first-order chi connectivity index (χ1) is 13.2. The number of nitrogens with one attached hydrogen (secondary N) is 1. The van der Waals surface area contributed by atoms with Crippen molar-refractivity contribution in [3.63, 3.8) is 0 Å². The van der Waals surface area contributed by atoms with Crippen molar-refractivity contribution in [1.82, 2.24) is 10.2 Å². The molecule has 2 heterocycles. The van der Waals surface area contributed by atoms with Gasteiger partial charge in [0, 0.05) is 18.6 Å². The van der Waals surface area contributed by atoms with Crippen LogP contribution in [0, 0.1) is 11.7 Å². The van der Waals surface area contributed by atoms with Crippen molar-refractivity contribution >= 4 is 5.91 Å². The monoisotopic (exact) mass is 368 g/mol. The van der Waals surface area contributed by atoms with Gasteiger partial charge in [0.25, 0.3) is 0 Å². The van der Waals surface area contributed by atoms with Crippen LogP contribution in [-0.4, -0.2) is 30.5 Å². The second-order valence-corrected chi connectivity index (χ2v) is 7.40. The molecule has 0 bridgehead atoms. The van der Waals surface area contributed by atoms with Crippen LogP contribution in [0.2, 0.25) is 0 Å². The van der Waals surface area contributed by atoms with E-state index in [1.54, 1.807) is 12.1 Å². The number of amides is 1. The van der Waals surface area contributed by atoms with Gasteiger partial charge in [-0.25, -0.2) is 4.39 Å². The van der Waals surface area contributed by atoms with E-state index in [1.165, 1.54) is 18.7 Å². The molecule has 5 heteroatoms. The number of carbonyl (C=O) groups is 1. The molecule has 1 N–H and O–H groups in total. The summed E-state index contributed by atoms with van der Waals surface area (Å²) in [6.45, 7) is 1.39. The number of fused-ring (bicyclic) bond motifs is 1. The summed E-state index contributed by atoms with van der Waals surface area (Å²) in [5, 5.41) is 3.02. The molecule has 2 aromatic carbocycles. The Bertz CT molecular complexity index is 811. The number of halogens is 1. The molecular weight excluding hydrogens is 343 g/mol. The molecule has 2 aliphatic heterocycles. The number of nitrogens with zero attached hydrogens (tertiary/aromatic N) is 1. The smallest absolute Gasteiger partial charge is 0.225 e. The average molecular weight is 368 g/mol. The third-order valence-electron chi connectivity index (χ3n) is 5.89. The van der Waals surface area contributed by atoms with Gasteiger partial charge in [0.1, 0.15) is 0 Å². The van der Waals surface area contributed by atoms with Crippen LogP contribution >= 0.6 is 0 Å². The van der Waals surface area contributed by atoms with E-state index < -0.39 is 5.82 Å². The number of hydrogen-bond donors (Lipinski definition) is 1. The minimum absolute atomic E-state index is 0.0131. The van der Waals surface area contributed by atoms with Gasteiger partial charge in [-0.2, -0.15) is 0 Å².